The summed E-state index contributed by atoms with van der Waals surface area (Å²) >= 11 is 0. The molecule has 0 unspecified atom stereocenters. The first-order chi connectivity index (χ1) is 11.9. The van der Waals surface area contributed by atoms with Gasteiger partial charge in [0.05, 0.1) is 0 Å². The number of rotatable bonds is 2. The summed E-state index contributed by atoms with van der Waals surface area (Å²) in [4.78, 5) is 10.9. The molecule has 1 aliphatic rings. The third kappa shape index (κ3) is 3.69. The van der Waals surface area contributed by atoms with Crippen molar-refractivity contribution in [2.45, 2.75) is 44.9 Å². The lowest BCUT2D eigenvalue weighted by Gasteiger charge is -2.32. The molecule has 0 atom stereocenters. The highest BCUT2D eigenvalue weighted by Gasteiger charge is 2.26. The number of benzene rings is 2. The Kier molecular flexibility index (Phi) is 4.55. The molecule has 0 aromatic heterocycles. The fourth-order valence-corrected chi connectivity index (χ4v) is 3.52. The molecule has 3 heteroatoms. The summed E-state index contributed by atoms with van der Waals surface area (Å²) in [7, 11) is 0. The number of phenols is 1. The molecule has 0 bridgehead atoms. The van der Waals surface area contributed by atoms with Crippen LogP contribution in [0.3, 0.4) is 0 Å². The van der Waals surface area contributed by atoms with E-state index in [0.717, 1.165) is 6.42 Å². The molecule has 128 valence electrons. The van der Waals surface area contributed by atoms with Crippen LogP contribution in [0.15, 0.2) is 36.4 Å². The van der Waals surface area contributed by atoms with Crippen LogP contribution in [-0.2, 0) is 18.3 Å². The number of aromatic hydroxyl groups is 1. The topological polar surface area (TPSA) is 57.5 Å². The zero-order valence-corrected chi connectivity index (χ0v) is 14.6. The molecule has 2 aromatic rings. The third-order valence-corrected chi connectivity index (χ3v) is 4.90. The maximum absolute atomic E-state index is 10.9. The Morgan fingerprint density at radius 2 is 2.00 bits per heavy atom. The number of aromatic carboxylic acids is 1. The van der Waals surface area contributed by atoms with Crippen LogP contribution in [-0.4, -0.2) is 16.2 Å². The van der Waals surface area contributed by atoms with Gasteiger partial charge in [0.15, 0.2) is 0 Å². The monoisotopic (exact) mass is 334 g/mol. The lowest BCUT2D eigenvalue weighted by molar-refractivity contribution is 0.0693. The first kappa shape index (κ1) is 17.1. The minimum atomic E-state index is -1.14. The lowest BCUT2D eigenvalue weighted by atomic mass is 9.72. The minimum absolute atomic E-state index is 0.108. The van der Waals surface area contributed by atoms with Crippen LogP contribution in [0.1, 0.15) is 59.3 Å². The van der Waals surface area contributed by atoms with Crippen LogP contribution < -0.4 is 0 Å². The van der Waals surface area contributed by atoms with Crippen molar-refractivity contribution in [2.24, 2.45) is 0 Å². The Morgan fingerprint density at radius 3 is 2.72 bits per heavy atom. The van der Waals surface area contributed by atoms with E-state index >= 15 is 0 Å². The van der Waals surface area contributed by atoms with Gasteiger partial charge in [-0.2, -0.15) is 0 Å². The fourth-order valence-electron chi connectivity index (χ4n) is 3.52. The van der Waals surface area contributed by atoms with Crippen molar-refractivity contribution >= 4 is 5.97 Å². The summed E-state index contributed by atoms with van der Waals surface area (Å²) in [6, 6.07) is 11.0. The van der Waals surface area contributed by atoms with Crippen LogP contribution >= 0.6 is 0 Å². The molecular formula is C22H22O3. The van der Waals surface area contributed by atoms with Gasteiger partial charge in [-0.25, -0.2) is 4.79 Å². The van der Waals surface area contributed by atoms with Crippen LogP contribution in [0.5, 0.6) is 5.75 Å². The quantitative estimate of drug-likeness (QED) is 0.805. The molecular weight excluding hydrogens is 312 g/mol. The van der Waals surface area contributed by atoms with E-state index in [4.69, 9.17) is 5.11 Å². The van der Waals surface area contributed by atoms with Crippen LogP contribution in [0, 0.1) is 11.8 Å². The van der Waals surface area contributed by atoms with Gasteiger partial charge in [0.2, 0.25) is 0 Å². The number of carboxylic acid groups (broad SMARTS) is 1. The van der Waals surface area contributed by atoms with Crippen molar-refractivity contribution in [3.8, 4) is 17.6 Å². The fraction of sp³-hybridized carbons (Fsp3) is 0.318. The van der Waals surface area contributed by atoms with Crippen molar-refractivity contribution in [1.29, 1.82) is 0 Å². The van der Waals surface area contributed by atoms with Gasteiger partial charge in [-0.15, -0.1) is 0 Å². The summed E-state index contributed by atoms with van der Waals surface area (Å²) in [6.07, 6.45) is 4.22. The number of hydrogen-bond donors (Lipinski definition) is 2. The van der Waals surface area contributed by atoms with Crippen LogP contribution in [0.4, 0.5) is 0 Å². The molecule has 0 fully saturated rings. The van der Waals surface area contributed by atoms with Gasteiger partial charge >= 0.3 is 5.97 Å². The predicted octanol–water partition coefficient (Wildman–Crippen LogP) is 4.30. The highest BCUT2D eigenvalue weighted by atomic mass is 16.4. The molecule has 0 amide bonds. The Bertz CT molecular complexity index is 882. The Balaban J connectivity index is 1.76. The number of carboxylic acids is 1. The molecule has 1 aliphatic carbocycles. The molecule has 0 spiro atoms. The zero-order valence-electron chi connectivity index (χ0n) is 14.6. The normalized spacial score (nSPS) is 15.0. The average molecular weight is 334 g/mol. The second kappa shape index (κ2) is 6.64. The second-order valence-corrected chi connectivity index (χ2v) is 7.24. The first-order valence-corrected chi connectivity index (χ1v) is 8.54. The molecule has 3 rings (SSSR count). The van der Waals surface area contributed by atoms with Crippen LogP contribution in [0.2, 0.25) is 0 Å². The third-order valence-electron chi connectivity index (χ3n) is 4.90. The van der Waals surface area contributed by atoms with Crippen molar-refractivity contribution in [3.63, 3.8) is 0 Å². The summed E-state index contributed by atoms with van der Waals surface area (Å²) < 4.78 is 0. The van der Waals surface area contributed by atoms with E-state index in [9.17, 15) is 9.90 Å². The molecule has 2 aromatic carbocycles. The first-order valence-electron chi connectivity index (χ1n) is 8.54. The predicted molar refractivity (Wildman–Crippen MR) is 98.1 cm³/mol. The van der Waals surface area contributed by atoms with Gasteiger partial charge in [-0.05, 0) is 59.6 Å². The van der Waals surface area contributed by atoms with Gasteiger partial charge in [0.25, 0.3) is 0 Å². The van der Waals surface area contributed by atoms with Crippen molar-refractivity contribution in [2.75, 3.05) is 0 Å². The molecule has 0 saturated carbocycles. The van der Waals surface area contributed by atoms with Gasteiger partial charge in [-0.3, -0.25) is 0 Å². The molecule has 0 saturated heterocycles. The second-order valence-electron chi connectivity index (χ2n) is 7.24. The van der Waals surface area contributed by atoms with E-state index in [2.05, 4.69) is 43.9 Å². The molecule has 25 heavy (non-hydrogen) atoms. The number of fused-ring (bicyclic) bond motifs is 1. The van der Waals surface area contributed by atoms with E-state index in [1.807, 2.05) is 0 Å². The van der Waals surface area contributed by atoms with Gasteiger partial charge in [0.1, 0.15) is 11.3 Å². The molecule has 0 heterocycles. The van der Waals surface area contributed by atoms with Crippen molar-refractivity contribution in [1.82, 2.24) is 0 Å². The SMILES string of the molecule is CC1(C)CCCc2cc(CC#Cc3ccc(C(=O)O)c(O)c3)ccc21. The highest BCUT2D eigenvalue weighted by Crippen LogP contribution is 2.36. The van der Waals surface area contributed by atoms with Gasteiger partial charge in [-0.1, -0.05) is 43.9 Å². The largest absolute Gasteiger partial charge is 0.507 e. The lowest BCUT2D eigenvalue weighted by Crippen LogP contribution is -2.23. The number of carbonyl (C=O) groups is 1. The smallest absolute Gasteiger partial charge is 0.339 e. The minimum Gasteiger partial charge on any atom is -0.507 e. The molecule has 2 N–H and O–H groups in total. The highest BCUT2D eigenvalue weighted by molar-refractivity contribution is 5.90. The number of hydrogen-bond acceptors (Lipinski definition) is 2. The van der Waals surface area contributed by atoms with E-state index < -0.39 is 5.97 Å². The Labute approximate surface area is 148 Å². The van der Waals surface area contributed by atoms with E-state index in [1.54, 1.807) is 6.07 Å². The Hall–Kier alpha value is -2.73. The molecule has 0 radical (unpaired) electrons. The maximum Gasteiger partial charge on any atom is 0.339 e. The summed E-state index contributed by atoms with van der Waals surface area (Å²) in [5.74, 6) is 4.71. The van der Waals surface area contributed by atoms with E-state index in [1.165, 1.54) is 41.7 Å². The standard InChI is InChI=1S/C22H22O3/c1-22(2)12-4-7-17-13-15(9-11-19(17)22)5-3-6-16-8-10-18(21(24)25)20(23)14-16/h8-11,13-14,23H,4-5,7,12H2,1-2H3,(H,24,25). The Morgan fingerprint density at radius 1 is 1.20 bits per heavy atom. The zero-order chi connectivity index (χ0) is 18.0. The van der Waals surface area contributed by atoms with Gasteiger partial charge in [0, 0.05) is 12.0 Å². The van der Waals surface area contributed by atoms with E-state index in [-0.39, 0.29) is 16.7 Å². The summed E-state index contributed by atoms with van der Waals surface area (Å²) in [5, 5.41) is 18.6. The van der Waals surface area contributed by atoms with Gasteiger partial charge < -0.3 is 10.2 Å². The summed E-state index contributed by atoms with van der Waals surface area (Å²) in [5.41, 5.74) is 4.82. The maximum atomic E-state index is 10.9. The average Bonchev–Trinajstić information content (AvgIpc) is 2.54. The summed E-state index contributed by atoms with van der Waals surface area (Å²) in [6.45, 7) is 4.61. The molecule has 3 nitrogen and oxygen atoms in total. The van der Waals surface area contributed by atoms with E-state index in [0.29, 0.717) is 12.0 Å². The molecule has 0 aliphatic heterocycles. The van der Waals surface area contributed by atoms with Crippen molar-refractivity contribution < 1.29 is 15.0 Å². The van der Waals surface area contributed by atoms with Crippen molar-refractivity contribution in [3.05, 3.63) is 64.2 Å². The number of aryl methyl sites for hydroxylation is 1. The van der Waals surface area contributed by atoms with Crippen LogP contribution in [0.25, 0.3) is 0 Å².